The molecular formula is C10H17N3O. The van der Waals surface area contributed by atoms with E-state index in [1.807, 2.05) is 25.3 Å². The van der Waals surface area contributed by atoms with E-state index < -0.39 is 0 Å². The second kappa shape index (κ2) is 2.72. The van der Waals surface area contributed by atoms with Crippen LogP contribution in [0.4, 0.5) is 0 Å². The van der Waals surface area contributed by atoms with Crippen molar-refractivity contribution >= 4 is 0 Å². The molecule has 0 aromatic carbocycles. The molecule has 0 spiro atoms. The highest BCUT2D eigenvalue weighted by Gasteiger charge is 2.33. The average Bonchev–Trinajstić information content (AvgIpc) is 2.78. The highest BCUT2D eigenvalue weighted by Crippen LogP contribution is 2.39. The Labute approximate surface area is 83.5 Å². The maximum atomic E-state index is 11.8. The summed E-state index contributed by atoms with van der Waals surface area (Å²) in [5.41, 5.74) is -0.164. The van der Waals surface area contributed by atoms with Gasteiger partial charge < -0.3 is 0 Å². The summed E-state index contributed by atoms with van der Waals surface area (Å²) in [4.78, 5) is 11.8. The van der Waals surface area contributed by atoms with Gasteiger partial charge in [-0.15, -0.1) is 0 Å². The van der Waals surface area contributed by atoms with Gasteiger partial charge in [-0.1, -0.05) is 0 Å². The van der Waals surface area contributed by atoms with Crippen molar-refractivity contribution in [1.82, 2.24) is 14.3 Å². The standard InChI is InChI=1S/C10H17N3O/c1-10(2,3)13-8(7-5-6-7)11-12(4)9(13)14/h7H,5-6H2,1-4H3. The summed E-state index contributed by atoms with van der Waals surface area (Å²) in [5, 5.41) is 4.31. The number of aryl methyl sites for hydroxylation is 1. The van der Waals surface area contributed by atoms with Crippen molar-refractivity contribution in [2.24, 2.45) is 7.05 Å². The molecule has 1 aromatic heterocycles. The SMILES string of the molecule is Cn1nc(C2CC2)n(C(C)(C)C)c1=O. The quantitative estimate of drug-likeness (QED) is 0.675. The van der Waals surface area contributed by atoms with E-state index in [9.17, 15) is 4.79 Å². The highest BCUT2D eigenvalue weighted by atomic mass is 16.2. The van der Waals surface area contributed by atoms with Gasteiger partial charge in [-0.2, -0.15) is 5.10 Å². The number of hydrogen-bond acceptors (Lipinski definition) is 2. The van der Waals surface area contributed by atoms with E-state index in [0.717, 1.165) is 5.82 Å². The summed E-state index contributed by atoms with van der Waals surface area (Å²) in [5.74, 6) is 1.48. The van der Waals surface area contributed by atoms with Crippen LogP contribution in [0.3, 0.4) is 0 Å². The molecule has 2 rings (SSSR count). The van der Waals surface area contributed by atoms with E-state index in [1.165, 1.54) is 17.5 Å². The Morgan fingerprint density at radius 3 is 2.36 bits per heavy atom. The normalized spacial score (nSPS) is 17.4. The first kappa shape index (κ1) is 9.49. The number of aromatic nitrogens is 3. The zero-order valence-corrected chi connectivity index (χ0v) is 9.24. The molecule has 0 atom stereocenters. The third kappa shape index (κ3) is 1.38. The molecular weight excluding hydrogens is 178 g/mol. The predicted molar refractivity (Wildman–Crippen MR) is 54.4 cm³/mol. The monoisotopic (exact) mass is 195 g/mol. The van der Waals surface area contributed by atoms with Crippen LogP contribution in [0.2, 0.25) is 0 Å². The number of nitrogens with zero attached hydrogens (tertiary/aromatic N) is 3. The summed E-state index contributed by atoms with van der Waals surface area (Å²) in [7, 11) is 1.72. The van der Waals surface area contributed by atoms with Crippen molar-refractivity contribution in [3.8, 4) is 0 Å². The summed E-state index contributed by atoms with van der Waals surface area (Å²) < 4.78 is 3.27. The molecule has 1 aliphatic rings. The van der Waals surface area contributed by atoms with Crippen molar-refractivity contribution in [1.29, 1.82) is 0 Å². The van der Waals surface area contributed by atoms with Gasteiger partial charge in [0.05, 0.1) is 0 Å². The van der Waals surface area contributed by atoms with Crippen molar-refractivity contribution in [3.05, 3.63) is 16.3 Å². The molecule has 1 aliphatic carbocycles. The van der Waals surface area contributed by atoms with Gasteiger partial charge in [0.15, 0.2) is 0 Å². The van der Waals surface area contributed by atoms with E-state index in [4.69, 9.17) is 0 Å². The molecule has 0 N–H and O–H groups in total. The fourth-order valence-corrected chi connectivity index (χ4v) is 1.72. The Morgan fingerprint density at radius 1 is 1.36 bits per heavy atom. The molecule has 0 aliphatic heterocycles. The third-order valence-corrected chi connectivity index (χ3v) is 2.56. The first-order chi connectivity index (χ1) is 6.41. The van der Waals surface area contributed by atoms with Crippen LogP contribution in [0.5, 0.6) is 0 Å². The Kier molecular flexibility index (Phi) is 1.84. The molecule has 0 unspecified atom stereocenters. The van der Waals surface area contributed by atoms with Gasteiger partial charge in [-0.3, -0.25) is 4.57 Å². The van der Waals surface area contributed by atoms with Gasteiger partial charge in [-0.05, 0) is 33.6 Å². The lowest BCUT2D eigenvalue weighted by atomic mass is 10.1. The van der Waals surface area contributed by atoms with Crippen molar-refractivity contribution in [3.63, 3.8) is 0 Å². The smallest absolute Gasteiger partial charge is 0.273 e. The Morgan fingerprint density at radius 2 is 1.93 bits per heavy atom. The van der Waals surface area contributed by atoms with Gasteiger partial charge in [0, 0.05) is 18.5 Å². The summed E-state index contributed by atoms with van der Waals surface area (Å²) >= 11 is 0. The van der Waals surface area contributed by atoms with Crippen LogP contribution < -0.4 is 5.69 Å². The molecule has 0 radical (unpaired) electrons. The molecule has 14 heavy (non-hydrogen) atoms. The van der Waals surface area contributed by atoms with Crippen LogP contribution >= 0.6 is 0 Å². The van der Waals surface area contributed by atoms with E-state index >= 15 is 0 Å². The lowest BCUT2D eigenvalue weighted by Crippen LogP contribution is -2.35. The zero-order chi connectivity index (χ0) is 10.5. The second-order valence-electron chi connectivity index (χ2n) is 5.04. The lowest BCUT2D eigenvalue weighted by Gasteiger charge is -2.21. The molecule has 0 bridgehead atoms. The molecule has 1 heterocycles. The van der Waals surface area contributed by atoms with Crippen molar-refractivity contribution < 1.29 is 0 Å². The summed E-state index contributed by atoms with van der Waals surface area (Å²) in [6.07, 6.45) is 2.35. The Bertz CT molecular complexity index is 404. The summed E-state index contributed by atoms with van der Waals surface area (Å²) in [6.45, 7) is 6.13. The van der Waals surface area contributed by atoms with Gasteiger partial charge >= 0.3 is 5.69 Å². The lowest BCUT2D eigenvalue weighted by molar-refractivity contribution is 0.369. The molecule has 1 saturated carbocycles. The molecule has 1 fully saturated rings. The zero-order valence-electron chi connectivity index (χ0n) is 9.24. The second-order valence-corrected chi connectivity index (χ2v) is 5.04. The minimum Gasteiger partial charge on any atom is -0.273 e. The fraction of sp³-hybridized carbons (Fsp3) is 0.800. The molecule has 0 amide bonds. The van der Waals surface area contributed by atoms with Crippen LogP contribution in [0, 0.1) is 0 Å². The van der Waals surface area contributed by atoms with E-state index in [-0.39, 0.29) is 11.2 Å². The van der Waals surface area contributed by atoms with Crippen LogP contribution in [-0.2, 0) is 12.6 Å². The predicted octanol–water partition coefficient (Wildman–Crippen LogP) is 1.21. The molecule has 0 saturated heterocycles. The van der Waals surface area contributed by atoms with E-state index in [2.05, 4.69) is 5.10 Å². The van der Waals surface area contributed by atoms with E-state index in [1.54, 1.807) is 7.05 Å². The topological polar surface area (TPSA) is 39.8 Å². The van der Waals surface area contributed by atoms with Crippen LogP contribution in [0.15, 0.2) is 4.79 Å². The maximum Gasteiger partial charge on any atom is 0.346 e. The first-order valence-corrected chi connectivity index (χ1v) is 5.07. The van der Waals surface area contributed by atoms with Gasteiger partial charge in [-0.25, -0.2) is 9.48 Å². The maximum absolute atomic E-state index is 11.8. The van der Waals surface area contributed by atoms with Crippen LogP contribution in [0.1, 0.15) is 45.4 Å². The third-order valence-electron chi connectivity index (χ3n) is 2.56. The number of hydrogen-bond donors (Lipinski definition) is 0. The van der Waals surface area contributed by atoms with Crippen LogP contribution in [-0.4, -0.2) is 14.3 Å². The number of rotatable bonds is 1. The average molecular weight is 195 g/mol. The Balaban J connectivity index is 2.60. The van der Waals surface area contributed by atoms with Gasteiger partial charge in [0.25, 0.3) is 0 Å². The molecule has 4 nitrogen and oxygen atoms in total. The first-order valence-electron chi connectivity index (χ1n) is 5.07. The molecule has 1 aromatic rings. The van der Waals surface area contributed by atoms with Crippen molar-refractivity contribution in [2.45, 2.75) is 45.1 Å². The minimum absolute atomic E-state index is 0.000556. The van der Waals surface area contributed by atoms with Crippen LogP contribution in [0.25, 0.3) is 0 Å². The molecule has 78 valence electrons. The largest absolute Gasteiger partial charge is 0.346 e. The van der Waals surface area contributed by atoms with Crippen molar-refractivity contribution in [2.75, 3.05) is 0 Å². The Hall–Kier alpha value is -1.06. The van der Waals surface area contributed by atoms with Gasteiger partial charge in [0.1, 0.15) is 5.82 Å². The summed E-state index contributed by atoms with van der Waals surface area (Å²) in [6, 6.07) is 0. The molecule has 4 heteroatoms. The van der Waals surface area contributed by atoms with Gasteiger partial charge in [0.2, 0.25) is 0 Å². The fourth-order valence-electron chi connectivity index (χ4n) is 1.72. The minimum atomic E-state index is -0.163. The van der Waals surface area contributed by atoms with E-state index in [0.29, 0.717) is 5.92 Å². The highest BCUT2D eigenvalue weighted by molar-refractivity contribution is 5.07.